The molecule has 1 fully saturated rings. The third kappa shape index (κ3) is 6.69. The Balaban J connectivity index is 1.96. The van der Waals surface area contributed by atoms with Gasteiger partial charge >= 0.3 is 0 Å². The standard InChI is InChI=1S/C17H23Cl2N3O3S/c18-15-2-3-16(19)17(14-15)26(23,24)13-10-21(5-1-4-20)6-7-22-8-11-25-12-9-22/h2-3,14H,1,5-13H2. The zero-order chi connectivity index (χ0) is 19.0. The van der Waals surface area contributed by atoms with Gasteiger partial charge in [-0.15, -0.1) is 0 Å². The molecule has 0 spiro atoms. The number of rotatable bonds is 9. The number of nitrogens with zero attached hydrogens (tertiary/aromatic N) is 3. The predicted octanol–water partition coefficient (Wildman–Crippen LogP) is 2.31. The van der Waals surface area contributed by atoms with E-state index in [4.69, 9.17) is 33.2 Å². The molecule has 0 bridgehead atoms. The second-order valence-electron chi connectivity index (χ2n) is 6.10. The molecule has 0 amide bonds. The fraction of sp³-hybridized carbons (Fsp3) is 0.588. The summed E-state index contributed by atoms with van der Waals surface area (Å²) in [7, 11) is -3.55. The molecule has 1 aliphatic heterocycles. The van der Waals surface area contributed by atoms with Crippen LogP contribution in [-0.4, -0.2) is 76.5 Å². The van der Waals surface area contributed by atoms with E-state index in [1.165, 1.54) is 12.1 Å². The molecule has 2 rings (SSSR count). The summed E-state index contributed by atoms with van der Waals surface area (Å²) in [6.07, 6.45) is 0.362. The van der Waals surface area contributed by atoms with Crippen LogP contribution in [0.25, 0.3) is 0 Å². The van der Waals surface area contributed by atoms with E-state index in [1.54, 1.807) is 6.07 Å². The molecule has 0 N–H and O–H groups in total. The van der Waals surface area contributed by atoms with Crippen molar-refractivity contribution in [2.75, 3.05) is 58.2 Å². The van der Waals surface area contributed by atoms with E-state index in [0.717, 1.165) is 32.8 Å². The van der Waals surface area contributed by atoms with Crippen LogP contribution in [0.15, 0.2) is 23.1 Å². The van der Waals surface area contributed by atoms with E-state index in [9.17, 15) is 8.42 Å². The van der Waals surface area contributed by atoms with Crippen molar-refractivity contribution in [3.63, 3.8) is 0 Å². The van der Waals surface area contributed by atoms with Gasteiger partial charge in [0.15, 0.2) is 9.84 Å². The van der Waals surface area contributed by atoms with Crippen LogP contribution in [0.5, 0.6) is 0 Å². The summed E-state index contributed by atoms with van der Waals surface area (Å²) in [5.74, 6) is -0.0679. The first-order valence-electron chi connectivity index (χ1n) is 8.49. The summed E-state index contributed by atoms with van der Waals surface area (Å²) in [4.78, 5) is 4.35. The summed E-state index contributed by atoms with van der Waals surface area (Å²) >= 11 is 11.9. The molecule has 9 heteroatoms. The highest BCUT2D eigenvalue weighted by Gasteiger charge is 2.20. The van der Waals surface area contributed by atoms with Gasteiger partial charge < -0.3 is 9.64 Å². The van der Waals surface area contributed by atoms with Gasteiger partial charge in [0.05, 0.1) is 35.0 Å². The van der Waals surface area contributed by atoms with Gasteiger partial charge in [0.25, 0.3) is 0 Å². The Morgan fingerprint density at radius 3 is 2.62 bits per heavy atom. The van der Waals surface area contributed by atoms with E-state index in [-0.39, 0.29) is 15.7 Å². The number of hydrogen-bond donors (Lipinski definition) is 0. The second-order valence-corrected chi connectivity index (χ2v) is 9.02. The average molecular weight is 420 g/mol. The summed E-state index contributed by atoms with van der Waals surface area (Å²) < 4.78 is 30.6. The normalized spacial score (nSPS) is 15.9. The molecular weight excluding hydrogens is 397 g/mol. The van der Waals surface area contributed by atoms with E-state index < -0.39 is 9.84 Å². The van der Waals surface area contributed by atoms with Gasteiger partial charge in [-0.05, 0) is 18.2 Å². The number of sulfone groups is 1. The zero-order valence-electron chi connectivity index (χ0n) is 14.5. The van der Waals surface area contributed by atoms with Gasteiger partial charge in [0.1, 0.15) is 0 Å². The highest BCUT2D eigenvalue weighted by Crippen LogP contribution is 2.26. The first kappa shape index (κ1) is 21.4. The number of ether oxygens (including phenoxy) is 1. The van der Waals surface area contributed by atoms with Crippen molar-refractivity contribution in [2.24, 2.45) is 0 Å². The summed E-state index contributed by atoms with van der Waals surface area (Å²) in [5, 5.41) is 9.36. The van der Waals surface area contributed by atoms with E-state index in [0.29, 0.717) is 31.1 Å². The second kappa shape index (κ2) is 10.5. The number of halogens is 2. The average Bonchev–Trinajstić information content (AvgIpc) is 2.64. The molecule has 26 heavy (non-hydrogen) atoms. The van der Waals surface area contributed by atoms with Gasteiger partial charge in [-0.3, -0.25) is 4.90 Å². The molecule has 6 nitrogen and oxygen atoms in total. The van der Waals surface area contributed by atoms with E-state index in [2.05, 4.69) is 11.0 Å². The molecule has 0 aromatic heterocycles. The lowest BCUT2D eigenvalue weighted by Crippen LogP contribution is -2.42. The maximum Gasteiger partial charge on any atom is 0.181 e. The largest absolute Gasteiger partial charge is 0.379 e. The quantitative estimate of drug-likeness (QED) is 0.611. The van der Waals surface area contributed by atoms with Gasteiger partial charge in [-0.2, -0.15) is 5.26 Å². The Kier molecular flexibility index (Phi) is 8.61. The van der Waals surface area contributed by atoms with Crippen molar-refractivity contribution in [1.29, 1.82) is 5.26 Å². The minimum absolute atomic E-state index is 0.0556. The van der Waals surface area contributed by atoms with Crippen LogP contribution < -0.4 is 0 Å². The van der Waals surface area contributed by atoms with Crippen molar-refractivity contribution < 1.29 is 13.2 Å². The van der Waals surface area contributed by atoms with Crippen LogP contribution in [0, 0.1) is 11.3 Å². The maximum absolute atomic E-state index is 12.6. The molecule has 1 heterocycles. The minimum Gasteiger partial charge on any atom is -0.379 e. The topological polar surface area (TPSA) is 73.6 Å². The fourth-order valence-corrected chi connectivity index (χ4v) is 4.82. The molecule has 144 valence electrons. The van der Waals surface area contributed by atoms with Crippen LogP contribution in [-0.2, 0) is 14.6 Å². The predicted molar refractivity (Wildman–Crippen MR) is 102 cm³/mol. The lowest BCUT2D eigenvalue weighted by Gasteiger charge is -2.29. The molecule has 0 aliphatic carbocycles. The van der Waals surface area contributed by atoms with Gasteiger partial charge in [0, 0.05) is 50.7 Å². The monoisotopic (exact) mass is 419 g/mol. The highest BCUT2D eigenvalue weighted by atomic mass is 35.5. The van der Waals surface area contributed by atoms with Crippen LogP contribution in [0.2, 0.25) is 10.0 Å². The molecule has 1 aromatic carbocycles. The molecular formula is C17H23Cl2N3O3S. The Bertz CT molecular complexity index is 731. The number of nitriles is 1. The number of morpholine rings is 1. The molecule has 0 saturated carbocycles. The SMILES string of the molecule is N#CCCN(CCN1CCOCC1)CCS(=O)(=O)c1cc(Cl)ccc1Cl. The molecule has 1 aromatic rings. The molecule has 0 radical (unpaired) electrons. The molecule has 0 atom stereocenters. The Hall–Kier alpha value is -0.880. The minimum atomic E-state index is -3.55. The van der Waals surface area contributed by atoms with Crippen LogP contribution in [0.3, 0.4) is 0 Å². The van der Waals surface area contributed by atoms with Crippen molar-refractivity contribution in [3.05, 3.63) is 28.2 Å². The van der Waals surface area contributed by atoms with Crippen molar-refractivity contribution in [3.8, 4) is 6.07 Å². The van der Waals surface area contributed by atoms with Crippen LogP contribution in [0.4, 0.5) is 0 Å². The lowest BCUT2D eigenvalue weighted by atomic mass is 10.3. The van der Waals surface area contributed by atoms with E-state index >= 15 is 0 Å². The van der Waals surface area contributed by atoms with Gasteiger partial charge in [0.2, 0.25) is 0 Å². The fourth-order valence-electron chi connectivity index (χ4n) is 2.73. The Labute approximate surface area is 165 Å². The van der Waals surface area contributed by atoms with Crippen molar-refractivity contribution in [1.82, 2.24) is 9.80 Å². The molecule has 1 aliphatic rings. The molecule has 0 unspecified atom stereocenters. The van der Waals surface area contributed by atoms with Crippen molar-refractivity contribution >= 4 is 33.0 Å². The summed E-state index contributed by atoms with van der Waals surface area (Å²) in [5.41, 5.74) is 0. The smallest absolute Gasteiger partial charge is 0.181 e. The Morgan fingerprint density at radius 2 is 1.92 bits per heavy atom. The number of hydrogen-bond acceptors (Lipinski definition) is 6. The third-order valence-corrected chi connectivity index (χ3v) is 6.69. The highest BCUT2D eigenvalue weighted by molar-refractivity contribution is 7.91. The lowest BCUT2D eigenvalue weighted by molar-refractivity contribution is 0.0337. The number of benzene rings is 1. The van der Waals surface area contributed by atoms with Crippen LogP contribution >= 0.6 is 23.2 Å². The van der Waals surface area contributed by atoms with Gasteiger partial charge in [-0.25, -0.2) is 8.42 Å². The van der Waals surface area contributed by atoms with Crippen molar-refractivity contribution in [2.45, 2.75) is 11.3 Å². The third-order valence-electron chi connectivity index (χ3n) is 4.28. The Morgan fingerprint density at radius 1 is 1.19 bits per heavy atom. The molecule has 1 saturated heterocycles. The maximum atomic E-state index is 12.6. The zero-order valence-corrected chi connectivity index (χ0v) is 16.9. The first-order valence-corrected chi connectivity index (χ1v) is 10.9. The first-order chi connectivity index (χ1) is 12.4. The summed E-state index contributed by atoms with van der Waals surface area (Å²) in [6, 6.07) is 6.55. The summed E-state index contributed by atoms with van der Waals surface area (Å²) in [6.45, 7) is 5.62. The van der Waals surface area contributed by atoms with E-state index in [1.807, 2.05) is 4.90 Å². The van der Waals surface area contributed by atoms with Crippen LogP contribution in [0.1, 0.15) is 6.42 Å². The van der Waals surface area contributed by atoms with Gasteiger partial charge in [-0.1, -0.05) is 23.2 Å².